The minimum absolute atomic E-state index is 0.124. The van der Waals surface area contributed by atoms with E-state index in [9.17, 15) is 9.36 Å². The second kappa shape index (κ2) is 4.37. The van der Waals surface area contributed by atoms with E-state index >= 15 is 0 Å². The fraction of sp³-hybridized carbons (Fsp3) is 0.125. The second-order valence-electron chi connectivity index (χ2n) is 2.91. The minimum Gasteiger partial charge on any atom is -0.283 e. The average molecular weight is 213 g/mol. The first-order valence-corrected chi connectivity index (χ1v) is 5.84. The summed E-state index contributed by atoms with van der Waals surface area (Å²) in [6.07, 6.45) is 0.124. The van der Waals surface area contributed by atoms with Crippen LogP contribution in [0.3, 0.4) is 0 Å². The fourth-order valence-electron chi connectivity index (χ4n) is 1.02. The van der Waals surface area contributed by atoms with Gasteiger partial charge in [0.2, 0.25) is 5.91 Å². The molecule has 0 atom stereocenters. The number of hydrogen-bond donors (Lipinski definition) is 3. The lowest BCUT2D eigenvalue weighted by Gasteiger charge is -2.08. The van der Waals surface area contributed by atoms with Gasteiger partial charge in [-0.2, -0.15) is 0 Å². The Morgan fingerprint density at radius 1 is 1.29 bits per heavy atom. The molecule has 0 aliphatic heterocycles. The number of carbonyl (C=O) groups excluding carboxylic acids is 1. The highest BCUT2D eigenvalue weighted by molar-refractivity contribution is 7.57. The van der Waals surface area contributed by atoms with Crippen molar-refractivity contribution >= 4 is 13.5 Å². The van der Waals surface area contributed by atoms with Gasteiger partial charge in [-0.15, -0.1) is 0 Å². The van der Waals surface area contributed by atoms with Gasteiger partial charge in [-0.25, -0.2) is 0 Å². The molecule has 5 nitrogen and oxygen atoms in total. The molecule has 0 aliphatic rings. The lowest BCUT2D eigenvalue weighted by atomic mass is 10.1. The molecule has 0 unspecified atom stereocenters. The molecule has 0 saturated heterocycles. The molecule has 0 heterocycles. The minimum atomic E-state index is -3.46. The summed E-state index contributed by atoms with van der Waals surface area (Å²) in [5.41, 5.74) is 10.8. The third-order valence-corrected chi connectivity index (χ3v) is 2.11. The maximum absolute atomic E-state index is 11.2. The zero-order valence-corrected chi connectivity index (χ0v) is 8.41. The number of rotatable bonds is 3. The van der Waals surface area contributed by atoms with Gasteiger partial charge in [0, 0.05) is 0 Å². The molecule has 5 N–H and O–H groups in total. The van der Waals surface area contributed by atoms with Crippen molar-refractivity contribution in [3.05, 3.63) is 35.9 Å². The van der Waals surface area contributed by atoms with Gasteiger partial charge in [0.05, 0.1) is 6.42 Å². The predicted octanol–water partition coefficient (Wildman–Crippen LogP) is 0.371. The van der Waals surface area contributed by atoms with Gasteiger partial charge in [0.25, 0.3) is 7.59 Å². The Hall–Kier alpha value is -1.16. The third-order valence-electron chi connectivity index (χ3n) is 1.51. The van der Waals surface area contributed by atoms with E-state index in [1.165, 1.54) is 0 Å². The molecule has 0 bridgehead atoms. The number of nitrogens with one attached hydrogen (secondary N) is 1. The monoisotopic (exact) mass is 213 g/mol. The Morgan fingerprint density at radius 3 is 2.36 bits per heavy atom. The first-order chi connectivity index (χ1) is 6.47. The normalized spacial score (nSPS) is 11.0. The molecule has 0 aliphatic carbocycles. The summed E-state index contributed by atoms with van der Waals surface area (Å²) in [4.78, 5) is 11.2. The van der Waals surface area contributed by atoms with Crippen LogP contribution in [0.25, 0.3) is 0 Å². The fourth-order valence-corrected chi connectivity index (χ4v) is 1.48. The third kappa shape index (κ3) is 4.18. The number of benzene rings is 1. The first-order valence-electron chi connectivity index (χ1n) is 3.99. The van der Waals surface area contributed by atoms with Crippen LogP contribution in [0.15, 0.2) is 30.3 Å². The second-order valence-corrected chi connectivity index (χ2v) is 4.55. The summed E-state index contributed by atoms with van der Waals surface area (Å²) in [5.74, 6) is -0.440. The molecule has 76 valence electrons. The van der Waals surface area contributed by atoms with Gasteiger partial charge < -0.3 is 0 Å². The van der Waals surface area contributed by atoms with E-state index in [0.29, 0.717) is 0 Å². The van der Waals surface area contributed by atoms with Crippen LogP contribution < -0.4 is 16.1 Å². The molecule has 0 saturated carbocycles. The molecule has 0 fully saturated rings. The Morgan fingerprint density at radius 2 is 1.86 bits per heavy atom. The van der Waals surface area contributed by atoms with Gasteiger partial charge in [-0.3, -0.25) is 25.5 Å². The molecule has 1 aromatic carbocycles. The van der Waals surface area contributed by atoms with E-state index in [1.54, 1.807) is 12.1 Å². The summed E-state index contributed by atoms with van der Waals surface area (Å²) < 4.78 is 10.8. The summed E-state index contributed by atoms with van der Waals surface area (Å²) in [5, 5.41) is 2.04. The molecule has 1 aromatic rings. The number of carbonyl (C=O) groups is 1. The highest BCUT2D eigenvalue weighted by Crippen LogP contribution is 2.17. The van der Waals surface area contributed by atoms with Gasteiger partial charge in [0.1, 0.15) is 0 Å². The van der Waals surface area contributed by atoms with Gasteiger partial charge >= 0.3 is 0 Å². The quantitative estimate of drug-likeness (QED) is 0.632. The van der Waals surface area contributed by atoms with Crippen LogP contribution in [0.4, 0.5) is 0 Å². The number of nitrogens with two attached hydrogens (primary N) is 2. The van der Waals surface area contributed by atoms with Crippen LogP contribution in [0.1, 0.15) is 5.56 Å². The van der Waals surface area contributed by atoms with E-state index in [1.807, 2.05) is 23.3 Å². The highest BCUT2D eigenvalue weighted by atomic mass is 31.2. The summed E-state index contributed by atoms with van der Waals surface area (Å²) in [6.45, 7) is 0. The molecular weight excluding hydrogens is 201 g/mol. The smallest absolute Gasteiger partial charge is 0.283 e. The first kappa shape index (κ1) is 10.9. The van der Waals surface area contributed by atoms with E-state index in [-0.39, 0.29) is 6.42 Å². The molecule has 0 radical (unpaired) electrons. The Kier molecular flexibility index (Phi) is 3.41. The van der Waals surface area contributed by atoms with Crippen molar-refractivity contribution in [3.63, 3.8) is 0 Å². The van der Waals surface area contributed by atoms with Gasteiger partial charge in [-0.1, -0.05) is 30.3 Å². The SMILES string of the molecule is NP(N)(=O)NC(=O)Cc1ccccc1. The van der Waals surface area contributed by atoms with Crippen molar-refractivity contribution in [1.82, 2.24) is 5.09 Å². The zero-order chi connectivity index (χ0) is 10.6. The average Bonchev–Trinajstić information content (AvgIpc) is 2.02. The maximum Gasteiger partial charge on any atom is 0.300 e. The van der Waals surface area contributed by atoms with Crippen LogP contribution in [-0.2, 0) is 15.8 Å². The van der Waals surface area contributed by atoms with Crippen LogP contribution >= 0.6 is 7.59 Å². The van der Waals surface area contributed by atoms with Gasteiger partial charge in [0.15, 0.2) is 0 Å². The topological polar surface area (TPSA) is 98.2 Å². The lowest BCUT2D eigenvalue weighted by Crippen LogP contribution is -2.29. The van der Waals surface area contributed by atoms with Crippen LogP contribution in [0, 0.1) is 0 Å². The van der Waals surface area contributed by atoms with E-state index in [4.69, 9.17) is 11.0 Å². The summed E-state index contributed by atoms with van der Waals surface area (Å²) >= 11 is 0. The summed E-state index contributed by atoms with van der Waals surface area (Å²) in [6, 6.07) is 9.05. The van der Waals surface area contributed by atoms with E-state index < -0.39 is 13.5 Å². The van der Waals surface area contributed by atoms with Gasteiger partial charge in [-0.05, 0) is 5.56 Å². The Balaban J connectivity index is 2.55. The van der Waals surface area contributed by atoms with E-state index in [2.05, 4.69) is 0 Å². The van der Waals surface area contributed by atoms with Crippen molar-refractivity contribution in [3.8, 4) is 0 Å². The van der Waals surface area contributed by atoms with E-state index in [0.717, 1.165) is 5.56 Å². The molecule has 6 heteroatoms. The van der Waals surface area contributed by atoms with Crippen molar-refractivity contribution in [2.24, 2.45) is 11.0 Å². The van der Waals surface area contributed by atoms with Crippen LogP contribution in [0.5, 0.6) is 0 Å². The Labute approximate surface area is 82.0 Å². The molecule has 0 aromatic heterocycles. The Bertz CT molecular complexity index is 360. The summed E-state index contributed by atoms with van der Waals surface area (Å²) in [7, 11) is -3.46. The van der Waals surface area contributed by atoms with Crippen molar-refractivity contribution in [2.75, 3.05) is 0 Å². The lowest BCUT2D eigenvalue weighted by molar-refractivity contribution is -0.118. The molecule has 0 spiro atoms. The number of amides is 1. The maximum atomic E-state index is 11.2. The van der Waals surface area contributed by atoms with Crippen molar-refractivity contribution in [1.29, 1.82) is 0 Å². The molecule has 14 heavy (non-hydrogen) atoms. The van der Waals surface area contributed by atoms with Crippen LogP contribution in [-0.4, -0.2) is 5.91 Å². The largest absolute Gasteiger partial charge is 0.300 e. The zero-order valence-electron chi connectivity index (χ0n) is 7.51. The number of hydrogen-bond acceptors (Lipinski definition) is 2. The molecule has 1 amide bonds. The molecule has 1 rings (SSSR count). The van der Waals surface area contributed by atoms with Crippen molar-refractivity contribution < 1.29 is 9.36 Å². The standard InChI is InChI=1S/C8H12N3O2P/c9-14(10,13)11-8(12)6-7-4-2-1-3-5-7/h1-5H,6H2,(H5,9,10,11,12,13). The predicted molar refractivity (Wildman–Crippen MR) is 54.3 cm³/mol. The molecular formula is C8H12N3O2P. The van der Waals surface area contributed by atoms with Crippen LogP contribution in [0.2, 0.25) is 0 Å². The highest BCUT2D eigenvalue weighted by Gasteiger charge is 2.12. The van der Waals surface area contributed by atoms with Crippen molar-refractivity contribution in [2.45, 2.75) is 6.42 Å².